The second kappa shape index (κ2) is 8.83. The van der Waals surface area contributed by atoms with Gasteiger partial charge in [0.2, 0.25) is 5.91 Å². The number of carbonyl (C=O) groups excluding carboxylic acids is 1. The normalized spacial score (nSPS) is 15.2. The number of fused-ring (bicyclic) bond motifs is 1. The van der Waals surface area contributed by atoms with Crippen LogP contribution in [0.25, 0.3) is 22.2 Å². The molecule has 3 aromatic rings. The molecule has 1 aliphatic carbocycles. The summed E-state index contributed by atoms with van der Waals surface area (Å²) in [6.07, 6.45) is 8.15. The molecule has 150 valence electrons. The molecule has 2 aromatic carbocycles. The highest BCUT2D eigenvalue weighted by Crippen LogP contribution is 2.31. The molecular weight excluding hydrogens is 382 g/mol. The van der Waals surface area contributed by atoms with Gasteiger partial charge in [-0.1, -0.05) is 53.6 Å². The molecule has 0 radical (unpaired) electrons. The van der Waals surface area contributed by atoms with Crippen LogP contribution in [0.3, 0.4) is 0 Å². The molecular formula is C24H26ClN3O. The summed E-state index contributed by atoms with van der Waals surface area (Å²) in [5.41, 5.74) is 4.23. The quantitative estimate of drug-likeness (QED) is 0.515. The molecule has 4 rings (SSSR count). The fourth-order valence-corrected chi connectivity index (χ4v) is 4.13. The van der Waals surface area contributed by atoms with Crippen LogP contribution in [0.4, 0.5) is 0 Å². The number of carbonyl (C=O) groups is 1. The Balaban J connectivity index is 1.56. The number of nitrogens with zero attached hydrogens (tertiary/aromatic N) is 2. The summed E-state index contributed by atoms with van der Waals surface area (Å²) in [6, 6.07) is 15.3. The molecule has 5 heteroatoms. The highest BCUT2D eigenvalue weighted by Gasteiger charge is 2.21. The number of aromatic nitrogens is 2. The number of amides is 1. The Morgan fingerprint density at radius 1 is 1.21 bits per heavy atom. The largest absolute Gasteiger partial charge is 0.354 e. The van der Waals surface area contributed by atoms with E-state index in [2.05, 4.69) is 11.4 Å². The Hall–Kier alpha value is -2.59. The SMILES string of the molecule is CC(C(=O)NCCC1=CCCCC1)n1nc(-c2ccccc2)c2cc(Cl)ccc21. The zero-order valence-electron chi connectivity index (χ0n) is 16.7. The average molecular weight is 408 g/mol. The molecule has 1 atom stereocenters. The minimum atomic E-state index is -0.406. The lowest BCUT2D eigenvalue weighted by Gasteiger charge is -2.16. The van der Waals surface area contributed by atoms with Gasteiger partial charge in [-0.15, -0.1) is 0 Å². The Morgan fingerprint density at radius 3 is 2.79 bits per heavy atom. The van der Waals surface area contributed by atoms with Gasteiger partial charge in [0.1, 0.15) is 11.7 Å². The maximum atomic E-state index is 12.8. The first-order chi connectivity index (χ1) is 14.1. The first-order valence-corrected chi connectivity index (χ1v) is 10.7. The lowest BCUT2D eigenvalue weighted by molar-refractivity contribution is -0.124. The average Bonchev–Trinajstić information content (AvgIpc) is 3.13. The number of allylic oxidation sites excluding steroid dienone is 1. The summed E-state index contributed by atoms with van der Waals surface area (Å²) in [5.74, 6) is -0.0135. The molecule has 4 nitrogen and oxygen atoms in total. The number of hydrogen-bond donors (Lipinski definition) is 1. The topological polar surface area (TPSA) is 46.9 Å². The fourth-order valence-electron chi connectivity index (χ4n) is 3.95. The molecule has 1 unspecified atom stereocenters. The summed E-state index contributed by atoms with van der Waals surface area (Å²) in [6.45, 7) is 2.57. The van der Waals surface area contributed by atoms with Crippen LogP contribution in [-0.2, 0) is 4.79 Å². The van der Waals surface area contributed by atoms with Crippen molar-refractivity contribution >= 4 is 28.4 Å². The van der Waals surface area contributed by atoms with Crippen molar-refractivity contribution in [3.8, 4) is 11.3 Å². The third-order valence-electron chi connectivity index (χ3n) is 5.59. The van der Waals surface area contributed by atoms with E-state index in [0.29, 0.717) is 11.6 Å². The van der Waals surface area contributed by atoms with E-state index in [1.807, 2.05) is 60.1 Å². The molecule has 1 heterocycles. The van der Waals surface area contributed by atoms with Crippen molar-refractivity contribution in [1.29, 1.82) is 0 Å². The van der Waals surface area contributed by atoms with Gasteiger partial charge in [0.25, 0.3) is 0 Å². The molecule has 0 bridgehead atoms. The monoisotopic (exact) mass is 407 g/mol. The lowest BCUT2D eigenvalue weighted by atomic mass is 9.97. The Labute approximate surface area is 176 Å². The van der Waals surface area contributed by atoms with E-state index >= 15 is 0 Å². The standard InChI is InChI=1S/C24H26ClN3O/c1-17(24(29)26-15-14-18-8-4-2-5-9-18)28-22-13-12-20(25)16-21(22)23(27-28)19-10-6-3-7-11-19/h3,6-8,10-13,16-17H,2,4-5,9,14-15H2,1H3,(H,26,29). The van der Waals surface area contributed by atoms with Gasteiger partial charge in [-0.3, -0.25) is 9.48 Å². The third kappa shape index (κ3) is 4.38. The van der Waals surface area contributed by atoms with Crippen LogP contribution in [-0.4, -0.2) is 22.2 Å². The summed E-state index contributed by atoms with van der Waals surface area (Å²) in [4.78, 5) is 12.8. The second-order valence-corrected chi connectivity index (χ2v) is 8.08. The molecule has 1 aliphatic rings. The zero-order valence-corrected chi connectivity index (χ0v) is 17.5. The minimum absolute atomic E-state index is 0.0135. The Kier molecular flexibility index (Phi) is 6.00. The van der Waals surface area contributed by atoms with Gasteiger partial charge in [0, 0.05) is 22.5 Å². The van der Waals surface area contributed by atoms with E-state index in [9.17, 15) is 4.79 Å². The molecule has 29 heavy (non-hydrogen) atoms. The molecule has 1 N–H and O–H groups in total. The lowest BCUT2D eigenvalue weighted by Crippen LogP contribution is -2.32. The van der Waals surface area contributed by atoms with Crippen LogP contribution < -0.4 is 5.32 Å². The predicted octanol–water partition coefficient (Wildman–Crippen LogP) is 5.92. The van der Waals surface area contributed by atoms with Crippen LogP contribution in [0.1, 0.15) is 45.1 Å². The molecule has 0 aliphatic heterocycles. The van der Waals surface area contributed by atoms with E-state index in [-0.39, 0.29) is 5.91 Å². The highest BCUT2D eigenvalue weighted by atomic mass is 35.5. The zero-order chi connectivity index (χ0) is 20.2. The van der Waals surface area contributed by atoms with Gasteiger partial charge < -0.3 is 5.32 Å². The third-order valence-corrected chi connectivity index (χ3v) is 5.83. The first kappa shape index (κ1) is 19.7. The number of halogens is 1. The Morgan fingerprint density at radius 2 is 2.03 bits per heavy atom. The van der Waals surface area contributed by atoms with Crippen LogP contribution in [0.5, 0.6) is 0 Å². The van der Waals surface area contributed by atoms with Crippen LogP contribution in [0.15, 0.2) is 60.2 Å². The maximum absolute atomic E-state index is 12.8. The van der Waals surface area contributed by atoms with Crippen molar-refractivity contribution in [3.05, 3.63) is 65.2 Å². The summed E-state index contributed by atoms with van der Waals surface area (Å²) >= 11 is 6.25. The van der Waals surface area contributed by atoms with E-state index < -0.39 is 6.04 Å². The fraction of sp³-hybridized carbons (Fsp3) is 0.333. The van der Waals surface area contributed by atoms with E-state index in [0.717, 1.165) is 35.0 Å². The minimum Gasteiger partial charge on any atom is -0.354 e. The van der Waals surface area contributed by atoms with Crippen molar-refractivity contribution in [1.82, 2.24) is 15.1 Å². The van der Waals surface area contributed by atoms with Crippen molar-refractivity contribution in [2.24, 2.45) is 0 Å². The highest BCUT2D eigenvalue weighted by molar-refractivity contribution is 6.31. The van der Waals surface area contributed by atoms with Gasteiger partial charge in [0.15, 0.2) is 0 Å². The molecule has 0 fully saturated rings. The second-order valence-electron chi connectivity index (χ2n) is 7.65. The molecule has 0 spiro atoms. The summed E-state index contributed by atoms with van der Waals surface area (Å²) in [7, 11) is 0. The van der Waals surface area contributed by atoms with Crippen LogP contribution >= 0.6 is 11.6 Å². The predicted molar refractivity (Wildman–Crippen MR) is 119 cm³/mol. The summed E-state index contributed by atoms with van der Waals surface area (Å²) < 4.78 is 1.81. The van der Waals surface area contributed by atoms with Crippen LogP contribution in [0.2, 0.25) is 5.02 Å². The van der Waals surface area contributed by atoms with E-state index in [4.69, 9.17) is 16.7 Å². The van der Waals surface area contributed by atoms with Gasteiger partial charge in [-0.05, 0) is 57.2 Å². The number of benzene rings is 2. The van der Waals surface area contributed by atoms with Gasteiger partial charge >= 0.3 is 0 Å². The Bertz CT molecular complexity index is 1040. The van der Waals surface area contributed by atoms with Crippen molar-refractivity contribution in [2.45, 2.75) is 45.1 Å². The maximum Gasteiger partial charge on any atom is 0.244 e. The smallest absolute Gasteiger partial charge is 0.244 e. The van der Waals surface area contributed by atoms with Gasteiger partial charge in [0.05, 0.1) is 5.52 Å². The van der Waals surface area contributed by atoms with Crippen molar-refractivity contribution in [3.63, 3.8) is 0 Å². The number of rotatable bonds is 6. The van der Waals surface area contributed by atoms with Crippen molar-refractivity contribution in [2.75, 3.05) is 6.54 Å². The molecule has 1 aromatic heterocycles. The van der Waals surface area contributed by atoms with Gasteiger partial charge in [-0.2, -0.15) is 5.10 Å². The van der Waals surface area contributed by atoms with Crippen LogP contribution in [0, 0.1) is 0 Å². The first-order valence-electron chi connectivity index (χ1n) is 10.3. The number of nitrogens with one attached hydrogen (secondary N) is 1. The molecule has 0 saturated carbocycles. The van der Waals surface area contributed by atoms with Crippen molar-refractivity contribution < 1.29 is 4.79 Å². The van der Waals surface area contributed by atoms with E-state index in [1.165, 1.54) is 24.8 Å². The molecule has 1 amide bonds. The summed E-state index contributed by atoms with van der Waals surface area (Å²) in [5, 5.41) is 9.51. The molecule has 0 saturated heterocycles. The van der Waals surface area contributed by atoms with E-state index in [1.54, 1.807) is 0 Å². The van der Waals surface area contributed by atoms with Gasteiger partial charge in [-0.25, -0.2) is 0 Å². The number of hydrogen-bond acceptors (Lipinski definition) is 2.